The number of benzene rings is 1. The second-order valence-electron chi connectivity index (χ2n) is 3.15. The van der Waals surface area contributed by atoms with Crippen LogP contribution in [0.3, 0.4) is 0 Å². The molecule has 0 bridgehead atoms. The summed E-state index contributed by atoms with van der Waals surface area (Å²) in [5.41, 5.74) is 0.299. The molecule has 2 aromatic rings. The molecule has 0 aliphatic carbocycles. The normalized spacial score (nSPS) is 12.3. The van der Waals surface area contributed by atoms with Crippen molar-refractivity contribution in [2.24, 2.45) is 0 Å². The third-order valence-corrected chi connectivity index (χ3v) is 3.00. The predicted octanol–water partition coefficient (Wildman–Crippen LogP) is 0.141. The van der Waals surface area contributed by atoms with Gasteiger partial charge in [-0.05, 0) is 0 Å². The van der Waals surface area contributed by atoms with Crippen LogP contribution in [-0.2, 0) is 15.4 Å². The van der Waals surface area contributed by atoms with E-state index < -0.39 is 22.8 Å². The second kappa shape index (κ2) is 5.07. The zero-order valence-corrected chi connectivity index (χ0v) is 10.0. The van der Waals surface area contributed by atoms with Crippen molar-refractivity contribution in [1.29, 1.82) is 0 Å². The molecule has 94 valence electrons. The molecule has 1 aromatic heterocycles. The van der Waals surface area contributed by atoms with Gasteiger partial charge in [-0.3, -0.25) is 13.5 Å². The minimum absolute atomic E-state index is 0.299. The van der Waals surface area contributed by atoms with E-state index in [-0.39, 0.29) is 5.82 Å². The Labute approximate surface area is 104 Å². The fourth-order valence-corrected chi connectivity index (χ4v) is 1.86. The van der Waals surface area contributed by atoms with Crippen molar-refractivity contribution >= 4 is 17.0 Å². The van der Waals surface area contributed by atoms with E-state index in [2.05, 4.69) is 13.9 Å². The number of ketones is 1. The fourth-order valence-electron chi connectivity index (χ4n) is 1.30. The van der Waals surface area contributed by atoms with Crippen LogP contribution in [0.15, 0.2) is 39.6 Å². The highest BCUT2D eigenvalue weighted by molar-refractivity contribution is 7.78. The quantitative estimate of drug-likeness (QED) is 0.732. The van der Waals surface area contributed by atoms with E-state index in [4.69, 9.17) is 0 Å². The molecule has 1 aromatic carbocycles. The van der Waals surface area contributed by atoms with E-state index in [1.54, 1.807) is 30.3 Å². The molecule has 7 nitrogen and oxygen atoms in total. The van der Waals surface area contributed by atoms with Gasteiger partial charge in [-0.2, -0.15) is 0 Å². The average Bonchev–Trinajstić information content (AvgIpc) is 2.80. The maximum absolute atomic E-state index is 12.0. The number of aromatic nitrogens is 2. The molecule has 0 N–H and O–H groups in total. The first-order valence-corrected chi connectivity index (χ1v) is 5.83. The number of carbonyl (C=O) groups is 1. The van der Waals surface area contributed by atoms with Crippen molar-refractivity contribution < 1.29 is 17.7 Å². The van der Waals surface area contributed by atoms with Crippen molar-refractivity contribution in [3.8, 4) is 0 Å². The minimum atomic E-state index is -2.15. The number of rotatable bonds is 4. The summed E-state index contributed by atoms with van der Waals surface area (Å²) in [4.78, 5) is 23.3. The van der Waals surface area contributed by atoms with Gasteiger partial charge < -0.3 is 0 Å². The van der Waals surface area contributed by atoms with Gasteiger partial charge in [0.05, 0.1) is 7.11 Å². The van der Waals surface area contributed by atoms with Crippen LogP contribution >= 0.6 is 0 Å². The van der Waals surface area contributed by atoms with Crippen LogP contribution < -0.4 is 5.76 Å². The topological polar surface area (TPSA) is 91.4 Å². The van der Waals surface area contributed by atoms with Gasteiger partial charge >= 0.3 is 5.76 Å². The van der Waals surface area contributed by atoms with Crippen molar-refractivity contribution in [3.05, 3.63) is 52.3 Å². The average molecular weight is 268 g/mol. The first-order valence-electron chi connectivity index (χ1n) is 4.80. The standard InChI is InChI=1S/C10H8N2O5S/c1-16-18(15)12-9(11-17-10(12)14)8(13)7-5-3-2-4-6-7/h2-6H,1H3. The van der Waals surface area contributed by atoms with E-state index in [1.165, 1.54) is 0 Å². The molecule has 0 saturated heterocycles. The highest BCUT2D eigenvalue weighted by atomic mass is 32.2. The Morgan fingerprint density at radius 3 is 2.67 bits per heavy atom. The van der Waals surface area contributed by atoms with Crippen LogP contribution in [0.4, 0.5) is 0 Å². The summed E-state index contributed by atoms with van der Waals surface area (Å²) in [6, 6.07) is 8.13. The minimum Gasteiger partial charge on any atom is -0.295 e. The Balaban J connectivity index is 2.50. The van der Waals surface area contributed by atoms with Crippen molar-refractivity contribution in [3.63, 3.8) is 0 Å². The molecule has 8 heteroatoms. The molecule has 1 atom stereocenters. The number of hydrogen-bond donors (Lipinski definition) is 0. The predicted molar refractivity (Wildman–Crippen MR) is 61.2 cm³/mol. The zero-order chi connectivity index (χ0) is 13.1. The molecule has 1 heterocycles. The molecule has 0 radical (unpaired) electrons. The summed E-state index contributed by atoms with van der Waals surface area (Å²) in [6.07, 6.45) is 0. The number of carbonyl (C=O) groups excluding carboxylic acids is 1. The Morgan fingerprint density at radius 1 is 1.39 bits per heavy atom. The summed E-state index contributed by atoms with van der Waals surface area (Å²) in [5, 5.41) is 3.31. The van der Waals surface area contributed by atoms with Gasteiger partial charge in [-0.25, -0.2) is 9.00 Å². The zero-order valence-electron chi connectivity index (χ0n) is 9.23. The lowest BCUT2D eigenvalue weighted by atomic mass is 10.1. The first-order chi connectivity index (χ1) is 8.65. The Bertz CT molecular complexity index is 646. The van der Waals surface area contributed by atoms with Gasteiger partial charge in [-0.1, -0.05) is 35.5 Å². The van der Waals surface area contributed by atoms with Gasteiger partial charge in [0.1, 0.15) is 0 Å². The lowest BCUT2D eigenvalue weighted by Crippen LogP contribution is -2.24. The number of hydrogen-bond acceptors (Lipinski definition) is 6. The van der Waals surface area contributed by atoms with E-state index in [9.17, 15) is 13.8 Å². The van der Waals surface area contributed by atoms with Crippen LogP contribution in [0.25, 0.3) is 0 Å². The van der Waals surface area contributed by atoms with Gasteiger partial charge in [0.25, 0.3) is 11.3 Å². The lowest BCUT2D eigenvalue weighted by Gasteiger charge is -2.00. The van der Waals surface area contributed by atoms with Crippen LogP contribution in [0.2, 0.25) is 0 Å². The van der Waals surface area contributed by atoms with E-state index in [0.717, 1.165) is 7.11 Å². The Kier molecular flexibility index (Phi) is 3.49. The van der Waals surface area contributed by atoms with Crippen LogP contribution in [0.5, 0.6) is 0 Å². The summed E-state index contributed by atoms with van der Waals surface area (Å²) >= 11 is -2.15. The van der Waals surface area contributed by atoms with Crippen molar-refractivity contribution in [2.45, 2.75) is 0 Å². The summed E-state index contributed by atoms with van der Waals surface area (Å²) in [6.45, 7) is 0. The van der Waals surface area contributed by atoms with Crippen LogP contribution in [-0.4, -0.2) is 26.2 Å². The summed E-state index contributed by atoms with van der Waals surface area (Å²) < 4.78 is 20.8. The molecular formula is C10H8N2O5S. The fraction of sp³-hybridized carbons (Fsp3) is 0.100. The van der Waals surface area contributed by atoms with Gasteiger partial charge in [0, 0.05) is 5.56 Å². The molecule has 0 aliphatic rings. The van der Waals surface area contributed by atoms with E-state index >= 15 is 0 Å². The van der Waals surface area contributed by atoms with Crippen molar-refractivity contribution in [1.82, 2.24) is 9.13 Å². The third kappa shape index (κ3) is 2.15. The maximum Gasteiger partial charge on any atom is 0.456 e. The molecule has 0 spiro atoms. The Morgan fingerprint density at radius 2 is 2.06 bits per heavy atom. The highest BCUT2D eigenvalue weighted by Crippen LogP contribution is 2.07. The smallest absolute Gasteiger partial charge is 0.295 e. The van der Waals surface area contributed by atoms with Crippen LogP contribution in [0, 0.1) is 0 Å². The number of nitrogens with zero attached hydrogens (tertiary/aromatic N) is 2. The molecule has 0 aliphatic heterocycles. The molecule has 0 saturated carbocycles. The highest BCUT2D eigenvalue weighted by Gasteiger charge is 2.23. The SMILES string of the molecule is COS(=O)n1c(C(=O)c2ccccc2)noc1=O. The summed E-state index contributed by atoms with van der Waals surface area (Å²) in [7, 11) is 1.13. The monoisotopic (exact) mass is 268 g/mol. The van der Waals surface area contributed by atoms with Gasteiger partial charge in [-0.15, -0.1) is 3.97 Å². The van der Waals surface area contributed by atoms with Crippen LogP contribution in [0.1, 0.15) is 16.2 Å². The molecule has 18 heavy (non-hydrogen) atoms. The molecular weight excluding hydrogens is 260 g/mol. The third-order valence-electron chi connectivity index (χ3n) is 2.10. The van der Waals surface area contributed by atoms with Gasteiger partial charge in [0.15, 0.2) is 0 Å². The maximum atomic E-state index is 12.0. The Hall–Kier alpha value is -2.06. The lowest BCUT2D eigenvalue weighted by molar-refractivity contribution is 0.102. The molecule has 0 amide bonds. The van der Waals surface area contributed by atoms with E-state index in [1.807, 2.05) is 0 Å². The largest absolute Gasteiger partial charge is 0.456 e. The first kappa shape index (κ1) is 12.4. The molecule has 1 unspecified atom stereocenters. The molecule has 2 rings (SSSR count). The second-order valence-corrected chi connectivity index (χ2v) is 4.28. The van der Waals surface area contributed by atoms with Gasteiger partial charge in [0.2, 0.25) is 11.6 Å². The molecule has 0 fully saturated rings. The summed E-state index contributed by atoms with van der Waals surface area (Å²) in [5.74, 6) is -1.97. The van der Waals surface area contributed by atoms with Crippen molar-refractivity contribution in [2.75, 3.05) is 7.11 Å². The van der Waals surface area contributed by atoms with E-state index in [0.29, 0.717) is 9.54 Å².